The van der Waals surface area contributed by atoms with Gasteiger partial charge in [0.05, 0.1) is 18.4 Å². The second-order valence-electron chi connectivity index (χ2n) is 5.58. The molecule has 1 aliphatic heterocycles. The number of likely N-dealkylation sites (tertiary alicyclic amines) is 1. The molecule has 0 radical (unpaired) electrons. The van der Waals surface area contributed by atoms with Crippen LogP contribution in [0.2, 0.25) is 0 Å². The molecule has 0 unspecified atom stereocenters. The molecule has 0 aromatic heterocycles. The molecule has 24 heavy (non-hydrogen) atoms. The Bertz CT molecular complexity index is 583. The molecule has 1 aromatic carbocycles. The SMILES string of the molecule is CN(C(=O)CN1C[C@@H](C(F)(F)F)[C@H](C(=O)O)C1)c1ccccc1.Cl. The molecule has 1 amide bonds. The van der Waals surface area contributed by atoms with E-state index in [0.29, 0.717) is 5.69 Å². The number of carbonyl (C=O) groups excluding carboxylic acids is 1. The maximum absolute atomic E-state index is 12.9. The van der Waals surface area contributed by atoms with Crippen LogP contribution in [0.15, 0.2) is 30.3 Å². The second-order valence-corrected chi connectivity index (χ2v) is 5.58. The minimum atomic E-state index is -4.59. The van der Waals surface area contributed by atoms with Crippen molar-refractivity contribution in [2.45, 2.75) is 6.18 Å². The van der Waals surface area contributed by atoms with Gasteiger partial charge in [0.25, 0.3) is 0 Å². The number of hydrogen-bond acceptors (Lipinski definition) is 3. The van der Waals surface area contributed by atoms with Crippen molar-refractivity contribution >= 4 is 30.0 Å². The van der Waals surface area contributed by atoms with E-state index >= 15 is 0 Å². The van der Waals surface area contributed by atoms with Crippen LogP contribution < -0.4 is 4.90 Å². The first-order chi connectivity index (χ1) is 10.7. The van der Waals surface area contributed by atoms with E-state index in [2.05, 4.69) is 0 Å². The summed E-state index contributed by atoms with van der Waals surface area (Å²) in [7, 11) is 1.53. The van der Waals surface area contributed by atoms with E-state index in [1.807, 2.05) is 0 Å². The van der Waals surface area contributed by atoms with Crippen LogP contribution in [0.4, 0.5) is 18.9 Å². The molecular weight excluding hydrogens is 349 g/mol. The lowest BCUT2D eigenvalue weighted by atomic mass is 9.96. The third-order valence-electron chi connectivity index (χ3n) is 4.01. The van der Waals surface area contributed by atoms with E-state index in [1.54, 1.807) is 30.3 Å². The molecule has 0 aliphatic carbocycles. The number of para-hydroxylation sites is 1. The molecule has 1 fully saturated rings. The van der Waals surface area contributed by atoms with Crippen LogP contribution in [-0.2, 0) is 9.59 Å². The number of rotatable bonds is 4. The van der Waals surface area contributed by atoms with Crippen LogP contribution in [0.3, 0.4) is 0 Å². The van der Waals surface area contributed by atoms with E-state index in [9.17, 15) is 22.8 Å². The van der Waals surface area contributed by atoms with Crippen molar-refractivity contribution in [3.63, 3.8) is 0 Å². The van der Waals surface area contributed by atoms with Gasteiger partial charge in [0.15, 0.2) is 0 Å². The molecule has 1 saturated heterocycles. The van der Waals surface area contributed by atoms with Gasteiger partial charge in [-0.05, 0) is 12.1 Å². The predicted molar refractivity (Wildman–Crippen MR) is 84.2 cm³/mol. The van der Waals surface area contributed by atoms with E-state index in [1.165, 1.54) is 16.8 Å². The van der Waals surface area contributed by atoms with Gasteiger partial charge in [-0.25, -0.2) is 0 Å². The Labute approximate surface area is 143 Å². The summed E-state index contributed by atoms with van der Waals surface area (Å²) in [6, 6.07) is 8.69. The maximum atomic E-state index is 12.9. The Morgan fingerprint density at radius 1 is 1.25 bits per heavy atom. The number of anilines is 1. The molecule has 1 N–H and O–H groups in total. The normalized spacial score (nSPS) is 21.2. The number of hydrogen-bond donors (Lipinski definition) is 1. The maximum Gasteiger partial charge on any atom is 0.393 e. The zero-order chi connectivity index (χ0) is 17.2. The first-order valence-electron chi connectivity index (χ1n) is 7.03. The number of aliphatic carboxylic acids is 1. The van der Waals surface area contributed by atoms with Crippen LogP contribution in [0.5, 0.6) is 0 Å². The smallest absolute Gasteiger partial charge is 0.393 e. The van der Waals surface area contributed by atoms with Crippen molar-refractivity contribution in [1.82, 2.24) is 4.90 Å². The molecule has 1 aliphatic rings. The van der Waals surface area contributed by atoms with E-state index < -0.39 is 30.5 Å². The van der Waals surface area contributed by atoms with Gasteiger partial charge in [-0.1, -0.05) is 18.2 Å². The summed E-state index contributed by atoms with van der Waals surface area (Å²) in [4.78, 5) is 25.8. The average molecular weight is 367 g/mol. The van der Waals surface area contributed by atoms with Gasteiger partial charge in [0.2, 0.25) is 5.91 Å². The zero-order valence-electron chi connectivity index (χ0n) is 12.9. The highest BCUT2D eigenvalue weighted by Gasteiger charge is 2.52. The quantitative estimate of drug-likeness (QED) is 0.888. The molecule has 9 heteroatoms. The predicted octanol–water partition coefficient (Wildman–Crippen LogP) is 2.27. The number of alkyl halides is 3. The summed E-state index contributed by atoms with van der Waals surface area (Å²) in [5.74, 6) is -5.36. The highest BCUT2D eigenvalue weighted by atomic mass is 35.5. The number of halogens is 4. The third kappa shape index (κ3) is 4.61. The number of carboxylic acid groups (broad SMARTS) is 1. The number of nitrogens with zero attached hydrogens (tertiary/aromatic N) is 2. The van der Waals surface area contributed by atoms with Gasteiger partial charge >= 0.3 is 12.1 Å². The second kappa shape index (κ2) is 7.85. The van der Waals surface area contributed by atoms with Crippen molar-refractivity contribution in [3.05, 3.63) is 30.3 Å². The summed E-state index contributed by atoms with van der Waals surface area (Å²) < 4.78 is 38.8. The fourth-order valence-corrected chi connectivity index (χ4v) is 2.69. The van der Waals surface area contributed by atoms with E-state index in [0.717, 1.165) is 0 Å². The molecule has 1 aromatic rings. The van der Waals surface area contributed by atoms with E-state index in [-0.39, 0.29) is 31.4 Å². The summed E-state index contributed by atoms with van der Waals surface area (Å²) in [5, 5.41) is 8.96. The Kier molecular flexibility index (Phi) is 6.62. The van der Waals surface area contributed by atoms with Crippen LogP contribution in [-0.4, -0.2) is 54.7 Å². The topological polar surface area (TPSA) is 60.9 Å². The fourth-order valence-electron chi connectivity index (χ4n) is 2.69. The molecule has 2 atom stereocenters. The molecule has 5 nitrogen and oxygen atoms in total. The Morgan fingerprint density at radius 2 is 1.83 bits per heavy atom. The fraction of sp³-hybridized carbons (Fsp3) is 0.467. The minimum Gasteiger partial charge on any atom is -0.481 e. The lowest BCUT2D eigenvalue weighted by Gasteiger charge is -2.22. The number of likely N-dealkylation sites (N-methyl/N-ethyl adjacent to an activating group) is 1. The number of amides is 1. The molecule has 1 heterocycles. The van der Waals surface area contributed by atoms with Crippen LogP contribution in [0.25, 0.3) is 0 Å². The lowest BCUT2D eigenvalue weighted by molar-refractivity contribution is -0.188. The summed E-state index contributed by atoms with van der Waals surface area (Å²) in [6.07, 6.45) is -4.59. The summed E-state index contributed by atoms with van der Waals surface area (Å²) >= 11 is 0. The molecule has 134 valence electrons. The van der Waals surface area contributed by atoms with Gasteiger partial charge in [0, 0.05) is 25.8 Å². The van der Waals surface area contributed by atoms with Crippen molar-refractivity contribution in [2.75, 3.05) is 31.6 Å². The monoisotopic (exact) mass is 366 g/mol. The summed E-state index contributed by atoms with van der Waals surface area (Å²) in [6.45, 7) is -1.01. The highest BCUT2D eigenvalue weighted by Crippen LogP contribution is 2.37. The van der Waals surface area contributed by atoms with Gasteiger partial charge < -0.3 is 10.0 Å². The third-order valence-corrected chi connectivity index (χ3v) is 4.01. The highest BCUT2D eigenvalue weighted by molar-refractivity contribution is 5.94. The van der Waals surface area contributed by atoms with Crippen molar-refractivity contribution in [3.8, 4) is 0 Å². The standard InChI is InChI=1S/C15H17F3N2O3.ClH/c1-19(10-5-3-2-4-6-10)13(21)9-20-7-11(14(22)23)12(8-20)15(16,17)18;/h2-6,11-12H,7-9H2,1H3,(H,22,23);1H/t11-,12-;/m1./s1. The molecular formula is C15H18ClF3N2O3. The average Bonchev–Trinajstić information content (AvgIpc) is 2.91. The van der Waals surface area contributed by atoms with Crippen LogP contribution in [0, 0.1) is 11.8 Å². The van der Waals surface area contributed by atoms with Crippen molar-refractivity contribution in [1.29, 1.82) is 0 Å². The van der Waals surface area contributed by atoms with Crippen LogP contribution >= 0.6 is 12.4 Å². The molecule has 2 rings (SSSR count). The Morgan fingerprint density at radius 3 is 2.29 bits per heavy atom. The van der Waals surface area contributed by atoms with E-state index in [4.69, 9.17) is 5.11 Å². The van der Waals surface area contributed by atoms with Gasteiger partial charge in [-0.3, -0.25) is 14.5 Å². The number of carbonyl (C=O) groups is 2. The van der Waals surface area contributed by atoms with Crippen LogP contribution in [0.1, 0.15) is 0 Å². The largest absolute Gasteiger partial charge is 0.481 e. The van der Waals surface area contributed by atoms with Gasteiger partial charge in [-0.15, -0.1) is 12.4 Å². The molecule has 0 bridgehead atoms. The molecule has 0 spiro atoms. The van der Waals surface area contributed by atoms with Gasteiger partial charge in [0.1, 0.15) is 0 Å². The minimum absolute atomic E-state index is 0. The number of carboxylic acids is 1. The molecule has 0 saturated carbocycles. The Hall–Kier alpha value is -1.80. The number of benzene rings is 1. The van der Waals surface area contributed by atoms with Gasteiger partial charge in [-0.2, -0.15) is 13.2 Å². The zero-order valence-corrected chi connectivity index (χ0v) is 13.7. The first-order valence-corrected chi connectivity index (χ1v) is 7.03. The van der Waals surface area contributed by atoms with Crippen molar-refractivity contribution < 1.29 is 27.9 Å². The Balaban J connectivity index is 0.00000288. The van der Waals surface area contributed by atoms with Crippen molar-refractivity contribution in [2.24, 2.45) is 11.8 Å². The lowest BCUT2D eigenvalue weighted by Crippen LogP contribution is -2.38. The first kappa shape index (κ1) is 20.2. The summed E-state index contributed by atoms with van der Waals surface area (Å²) in [5.41, 5.74) is 0.624.